The first kappa shape index (κ1) is 17.8. The molecule has 138 valence electrons. The largest absolute Gasteiger partial charge is 0.340 e. The van der Waals surface area contributed by atoms with E-state index >= 15 is 0 Å². The third kappa shape index (κ3) is 3.05. The van der Waals surface area contributed by atoms with Gasteiger partial charge in [0.05, 0.1) is 10.6 Å². The molecule has 0 spiro atoms. The number of amides is 1. The molecule has 0 unspecified atom stereocenters. The van der Waals surface area contributed by atoms with Crippen molar-refractivity contribution in [3.63, 3.8) is 0 Å². The van der Waals surface area contributed by atoms with Gasteiger partial charge in [-0.2, -0.15) is 0 Å². The maximum atomic E-state index is 13.0. The zero-order valence-corrected chi connectivity index (χ0v) is 16.2. The number of carbonyl (C=O) groups excluding carboxylic acids is 1. The van der Waals surface area contributed by atoms with Crippen molar-refractivity contribution in [1.29, 1.82) is 0 Å². The number of likely N-dealkylation sites (N-methyl/N-ethyl adjacent to an activating group) is 1. The summed E-state index contributed by atoms with van der Waals surface area (Å²) in [7, 11) is -2.08. The van der Waals surface area contributed by atoms with Crippen LogP contribution in [0.1, 0.15) is 5.56 Å². The molecule has 0 atom stereocenters. The summed E-state index contributed by atoms with van der Waals surface area (Å²) in [6.45, 7) is 0.140. The van der Waals surface area contributed by atoms with Gasteiger partial charge in [-0.25, -0.2) is 8.42 Å². The molecule has 5 nitrogen and oxygen atoms in total. The fraction of sp³-hybridized carbons (Fsp3) is 0.150. The molecule has 1 aliphatic heterocycles. The molecule has 1 aliphatic rings. The molecule has 1 heterocycles. The monoisotopic (exact) mass is 400 g/mol. The molecule has 0 aliphatic carbocycles. The lowest BCUT2D eigenvalue weighted by atomic mass is 10.1. The number of hydrogen-bond acceptors (Lipinski definition) is 3. The molecule has 0 radical (unpaired) electrons. The van der Waals surface area contributed by atoms with Crippen molar-refractivity contribution in [1.82, 2.24) is 4.90 Å². The fourth-order valence-electron chi connectivity index (χ4n) is 3.32. The number of benzene rings is 3. The SMILES string of the molecule is CN(Cc1ccc(Cl)cc1)C(=O)CN1c2cccc3cccc(c23)S1(=O)=O. The van der Waals surface area contributed by atoms with Crippen LogP contribution in [0.5, 0.6) is 0 Å². The van der Waals surface area contributed by atoms with Crippen LogP contribution >= 0.6 is 11.6 Å². The molecule has 0 saturated heterocycles. The Morgan fingerprint density at radius 3 is 2.41 bits per heavy atom. The van der Waals surface area contributed by atoms with Gasteiger partial charge in [-0.3, -0.25) is 9.10 Å². The fourth-order valence-corrected chi connectivity index (χ4v) is 5.11. The Labute approximate surface area is 162 Å². The second-order valence-corrected chi connectivity index (χ2v) is 8.79. The number of hydrogen-bond donors (Lipinski definition) is 0. The molecular formula is C20H17ClN2O3S. The van der Waals surface area contributed by atoms with Crippen molar-refractivity contribution >= 4 is 44.0 Å². The molecule has 0 fully saturated rings. The van der Waals surface area contributed by atoms with E-state index in [1.807, 2.05) is 24.3 Å². The summed E-state index contributed by atoms with van der Waals surface area (Å²) in [4.78, 5) is 14.5. The normalized spacial score (nSPS) is 14.5. The first-order chi connectivity index (χ1) is 12.9. The molecule has 0 aromatic heterocycles. The molecule has 1 amide bonds. The van der Waals surface area contributed by atoms with Gasteiger partial charge in [-0.15, -0.1) is 0 Å². The van der Waals surface area contributed by atoms with Crippen LogP contribution in [0.25, 0.3) is 10.8 Å². The molecule has 4 rings (SSSR count). The van der Waals surface area contributed by atoms with Crippen molar-refractivity contribution in [3.8, 4) is 0 Å². The van der Waals surface area contributed by atoms with Gasteiger partial charge in [0.15, 0.2) is 0 Å². The maximum absolute atomic E-state index is 13.0. The minimum Gasteiger partial charge on any atom is -0.340 e. The molecule has 3 aromatic rings. The van der Waals surface area contributed by atoms with Crippen LogP contribution in [0.15, 0.2) is 65.6 Å². The van der Waals surface area contributed by atoms with E-state index in [1.165, 1.54) is 9.21 Å². The highest BCUT2D eigenvalue weighted by Crippen LogP contribution is 2.41. The lowest BCUT2D eigenvalue weighted by Crippen LogP contribution is -2.39. The van der Waals surface area contributed by atoms with E-state index in [1.54, 1.807) is 43.4 Å². The number of halogens is 1. The molecule has 0 N–H and O–H groups in total. The van der Waals surface area contributed by atoms with Gasteiger partial charge in [0.1, 0.15) is 6.54 Å². The van der Waals surface area contributed by atoms with Gasteiger partial charge in [-0.05, 0) is 35.2 Å². The van der Waals surface area contributed by atoms with Gasteiger partial charge < -0.3 is 4.90 Å². The average molecular weight is 401 g/mol. The number of anilines is 1. The standard InChI is InChI=1S/C20H17ClN2O3S/c1-22(12-14-8-10-16(21)11-9-14)19(24)13-23-17-6-2-4-15-5-3-7-18(20(15)17)27(23,25)26/h2-11H,12-13H2,1H3. The first-order valence-corrected chi connectivity index (χ1v) is 10.2. The highest BCUT2D eigenvalue weighted by atomic mass is 35.5. The third-order valence-corrected chi connectivity index (χ3v) is 6.77. The van der Waals surface area contributed by atoms with Gasteiger partial charge in [0.2, 0.25) is 5.91 Å². The van der Waals surface area contributed by atoms with Crippen molar-refractivity contribution < 1.29 is 13.2 Å². The Hall–Kier alpha value is -2.57. The lowest BCUT2D eigenvalue weighted by Gasteiger charge is -2.23. The molecule has 7 heteroatoms. The van der Waals surface area contributed by atoms with Crippen LogP contribution in [0.4, 0.5) is 5.69 Å². The van der Waals surface area contributed by atoms with Crippen molar-refractivity contribution in [2.24, 2.45) is 0 Å². The van der Waals surface area contributed by atoms with E-state index in [0.717, 1.165) is 10.9 Å². The van der Waals surface area contributed by atoms with Gasteiger partial charge in [0.25, 0.3) is 10.0 Å². The van der Waals surface area contributed by atoms with E-state index in [-0.39, 0.29) is 17.3 Å². The van der Waals surface area contributed by atoms with Gasteiger partial charge >= 0.3 is 0 Å². The zero-order valence-electron chi connectivity index (χ0n) is 14.6. The minimum atomic E-state index is -3.74. The summed E-state index contributed by atoms with van der Waals surface area (Å²) in [6, 6.07) is 17.8. The predicted molar refractivity (Wildman–Crippen MR) is 106 cm³/mol. The van der Waals surface area contributed by atoms with E-state index in [0.29, 0.717) is 22.6 Å². The Morgan fingerprint density at radius 1 is 1.04 bits per heavy atom. The number of rotatable bonds is 4. The summed E-state index contributed by atoms with van der Waals surface area (Å²) < 4.78 is 27.1. The van der Waals surface area contributed by atoms with Crippen LogP contribution in [0.2, 0.25) is 5.02 Å². The van der Waals surface area contributed by atoms with Crippen LogP contribution in [0, 0.1) is 0 Å². The topological polar surface area (TPSA) is 57.7 Å². The minimum absolute atomic E-state index is 0.236. The Bertz CT molecular complexity index is 1140. The molecule has 0 bridgehead atoms. The predicted octanol–water partition coefficient (Wildman–Crippen LogP) is 3.66. The van der Waals surface area contributed by atoms with E-state index in [2.05, 4.69) is 0 Å². The number of sulfonamides is 1. The quantitative estimate of drug-likeness (QED) is 0.671. The van der Waals surface area contributed by atoms with Crippen LogP contribution in [-0.4, -0.2) is 32.8 Å². The van der Waals surface area contributed by atoms with Gasteiger partial charge in [-0.1, -0.05) is 48.0 Å². The Morgan fingerprint density at radius 2 is 1.70 bits per heavy atom. The van der Waals surface area contributed by atoms with Crippen LogP contribution < -0.4 is 4.31 Å². The lowest BCUT2D eigenvalue weighted by molar-refractivity contribution is -0.128. The Balaban J connectivity index is 1.60. The number of carbonyl (C=O) groups is 1. The molecule has 27 heavy (non-hydrogen) atoms. The van der Waals surface area contributed by atoms with E-state index < -0.39 is 10.0 Å². The summed E-state index contributed by atoms with van der Waals surface area (Å²) >= 11 is 5.88. The smallest absolute Gasteiger partial charge is 0.265 e. The molecular weight excluding hydrogens is 384 g/mol. The van der Waals surface area contributed by atoms with Crippen LogP contribution in [0.3, 0.4) is 0 Å². The second kappa shape index (κ2) is 6.55. The van der Waals surface area contributed by atoms with Crippen molar-refractivity contribution in [2.45, 2.75) is 11.4 Å². The van der Waals surface area contributed by atoms with Crippen molar-refractivity contribution in [3.05, 3.63) is 71.2 Å². The van der Waals surface area contributed by atoms with Gasteiger partial charge in [0, 0.05) is 24.0 Å². The number of nitrogens with zero attached hydrogens (tertiary/aromatic N) is 2. The highest BCUT2D eigenvalue weighted by molar-refractivity contribution is 7.93. The maximum Gasteiger partial charge on any atom is 0.265 e. The summed E-state index contributed by atoms with van der Waals surface area (Å²) in [6.07, 6.45) is 0. The zero-order chi connectivity index (χ0) is 19.2. The summed E-state index contributed by atoms with van der Waals surface area (Å²) in [5, 5.41) is 2.15. The molecule has 0 saturated carbocycles. The van der Waals surface area contributed by atoms with E-state index in [4.69, 9.17) is 11.6 Å². The second-order valence-electron chi connectivity index (χ2n) is 6.52. The van der Waals surface area contributed by atoms with Crippen LogP contribution in [-0.2, 0) is 21.4 Å². The van der Waals surface area contributed by atoms with Crippen molar-refractivity contribution in [2.75, 3.05) is 17.9 Å². The molecule has 3 aromatic carbocycles. The summed E-state index contributed by atoms with van der Waals surface area (Å²) in [5.41, 5.74) is 1.47. The average Bonchev–Trinajstić information content (AvgIpc) is 2.87. The Kier molecular flexibility index (Phi) is 4.32. The third-order valence-electron chi connectivity index (χ3n) is 4.72. The summed E-state index contributed by atoms with van der Waals surface area (Å²) in [5.74, 6) is -0.279. The van der Waals surface area contributed by atoms with E-state index in [9.17, 15) is 13.2 Å². The first-order valence-electron chi connectivity index (χ1n) is 8.41. The highest BCUT2D eigenvalue weighted by Gasteiger charge is 2.37.